The molecule has 1 saturated heterocycles. The zero-order valence-corrected chi connectivity index (χ0v) is 5.27. The predicted molar refractivity (Wildman–Crippen MR) is 31.5 cm³/mol. The van der Waals surface area contributed by atoms with Gasteiger partial charge >= 0.3 is 5.97 Å². The van der Waals surface area contributed by atoms with E-state index in [1.165, 1.54) is 0 Å². The summed E-state index contributed by atoms with van der Waals surface area (Å²) in [6, 6.07) is 0. The van der Waals surface area contributed by atoms with Crippen molar-refractivity contribution in [3.63, 3.8) is 0 Å². The van der Waals surface area contributed by atoms with Gasteiger partial charge in [0.15, 0.2) is 0 Å². The lowest BCUT2D eigenvalue weighted by Gasteiger charge is -1.98. The summed E-state index contributed by atoms with van der Waals surface area (Å²) in [5.41, 5.74) is 5.61. The molecule has 0 atom stereocenters. The van der Waals surface area contributed by atoms with Crippen LogP contribution in [0.5, 0.6) is 0 Å². The fourth-order valence-electron chi connectivity index (χ4n) is 0.589. The number of carbonyl (C=O) groups is 1. The molecular formula is C5H10N2O2. The topological polar surface area (TPSA) is 81.2 Å². The molecule has 1 aliphatic heterocycles. The van der Waals surface area contributed by atoms with Crippen LogP contribution in [0.25, 0.3) is 0 Å². The van der Waals surface area contributed by atoms with E-state index in [-0.39, 0.29) is 12.1 Å². The van der Waals surface area contributed by atoms with Crippen LogP contribution in [0.3, 0.4) is 0 Å². The lowest BCUT2D eigenvalue weighted by molar-refractivity contribution is -0.137. The Hall–Kier alpha value is -0.610. The first-order valence-electron chi connectivity index (χ1n) is 2.88. The van der Waals surface area contributed by atoms with Gasteiger partial charge in [0.05, 0.1) is 5.66 Å². The fourth-order valence-corrected chi connectivity index (χ4v) is 0.589. The number of aliphatic carboxylic acids is 1. The first-order chi connectivity index (χ1) is 4.12. The molecule has 52 valence electrons. The van der Waals surface area contributed by atoms with Crippen molar-refractivity contribution in [2.24, 2.45) is 0 Å². The molecule has 0 bridgehead atoms. The number of hydrogen-bond acceptors (Lipinski definition) is 3. The molecule has 0 unspecified atom stereocenters. The van der Waals surface area contributed by atoms with Crippen molar-refractivity contribution in [3.8, 4) is 0 Å². The number of carboxylic acids is 1. The van der Waals surface area contributed by atoms with Crippen molar-refractivity contribution < 1.29 is 9.90 Å². The minimum Gasteiger partial charge on any atom is -0.481 e. The number of hydrogen-bond donors (Lipinski definition) is 3. The molecule has 9 heavy (non-hydrogen) atoms. The van der Waals surface area contributed by atoms with Gasteiger partial charge < -0.3 is 5.11 Å². The van der Waals surface area contributed by atoms with Crippen molar-refractivity contribution in [1.82, 2.24) is 10.9 Å². The summed E-state index contributed by atoms with van der Waals surface area (Å²) in [5.74, 6) is -0.744. The van der Waals surface area contributed by atoms with Crippen LogP contribution in [0, 0.1) is 0 Å². The third-order valence-electron chi connectivity index (χ3n) is 1.39. The number of hydrazine groups is 1. The summed E-state index contributed by atoms with van der Waals surface area (Å²) < 4.78 is 0. The molecule has 1 heterocycles. The van der Waals surface area contributed by atoms with Crippen molar-refractivity contribution >= 4 is 5.97 Å². The van der Waals surface area contributed by atoms with E-state index in [1.54, 1.807) is 0 Å². The lowest BCUT2D eigenvalue weighted by Crippen LogP contribution is -2.13. The average molecular weight is 130 g/mol. The van der Waals surface area contributed by atoms with Gasteiger partial charge in [-0.25, -0.2) is 10.9 Å². The van der Waals surface area contributed by atoms with Crippen LogP contribution in [0.15, 0.2) is 0 Å². The lowest BCUT2D eigenvalue weighted by atomic mass is 10.1. The highest BCUT2D eigenvalue weighted by Gasteiger charge is 2.35. The SMILES string of the molecule is CC1(CCC(=O)O)NN1. The molecule has 0 radical (unpaired) electrons. The van der Waals surface area contributed by atoms with Crippen LogP contribution in [-0.2, 0) is 4.79 Å². The van der Waals surface area contributed by atoms with E-state index in [0.717, 1.165) is 0 Å². The smallest absolute Gasteiger partial charge is 0.303 e. The molecule has 3 N–H and O–H groups in total. The van der Waals surface area contributed by atoms with Crippen LogP contribution in [-0.4, -0.2) is 16.7 Å². The second-order valence-electron chi connectivity index (χ2n) is 2.48. The van der Waals surface area contributed by atoms with E-state index < -0.39 is 5.97 Å². The Morgan fingerprint density at radius 2 is 2.22 bits per heavy atom. The summed E-state index contributed by atoms with van der Waals surface area (Å²) in [5, 5.41) is 8.25. The second kappa shape index (κ2) is 1.97. The highest BCUT2D eigenvalue weighted by atomic mass is 16.4. The minimum absolute atomic E-state index is 0.0988. The minimum atomic E-state index is -0.744. The predicted octanol–water partition coefficient (Wildman–Crippen LogP) is -0.325. The molecule has 1 aliphatic rings. The van der Waals surface area contributed by atoms with E-state index in [4.69, 9.17) is 5.11 Å². The van der Waals surface area contributed by atoms with E-state index in [9.17, 15) is 4.79 Å². The van der Waals surface area contributed by atoms with E-state index in [0.29, 0.717) is 6.42 Å². The van der Waals surface area contributed by atoms with E-state index in [1.807, 2.05) is 6.92 Å². The standard InChI is InChI=1S/C5H10N2O2/c1-5(6-7-5)3-2-4(8)9/h6-7H,2-3H2,1H3,(H,8,9). The molecule has 0 aromatic rings. The van der Waals surface area contributed by atoms with Crippen LogP contribution in [0.4, 0.5) is 0 Å². The summed E-state index contributed by atoms with van der Waals surface area (Å²) >= 11 is 0. The van der Waals surface area contributed by atoms with Crippen molar-refractivity contribution in [1.29, 1.82) is 0 Å². The van der Waals surface area contributed by atoms with Gasteiger partial charge in [0.25, 0.3) is 0 Å². The number of rotatable bonds is 3. The molecule has 0 aromatic carbocycles. The number of nitrogens with one attached hydrogen (secondary N) is 2. The van der Waals surface area contributed by atoms with Crippen LogP contribution < -0.4 is 10.9 Å². The van der Waals surface area contributed by atoms with Gasteiger partial charge in [0.1, 0.15) is 0 Å². The maximum Gasteiger partial charge on any atom is 0.303 e. The monoisotopic (exact) mass is 130 g/mol. The Morgan fingerprint density at radius 1 is 1.67 bits per heavy atom. The van der Waals surface area contributed by atoms with Gasteiger partial charge in [-0.2, -0.15) is 0 Å². The van der Waals surface area contributed by atoms with Gasteiger partial charge in [-0.3, -0.25) is 4.79 Å². The summed E-state index contributed by atoms with van der Waals surface area (Å²) in [6.45, 7) is 1.93. The second-order valence-corrected chi connectivity index (χ2v) is 2.48. The van der Waals surface area contributed by atoms with Crippen LogP contribution in [0.1, 0.15) is 19.8 Å². The molecule has 0 spiro atoms. The molecular weight excluding hydrogens is 120 g/mol. The average Bonchev–Trinajstić information content (AvgIpc) is 2.45. The van der Waals surface area contributed by atoms with Gasteiger partial charge in [0, 0.05) is 6.42 Å². The Bertz CT molecular complexity index is 131. The van der Waals surface area contributed by atoms with Crippen molar-refractivity contribution in [3.05, 3.63) is 0 Å². The van der Waals surface area contributed by atoms with Crippen LogP contribution >= 0.6 is 0 Å². The largest absolute Gasteiger partial charge is 0.481 e. The van der Waals surface area contributed by atoms with Gasteiger partial charge in [-0.15, -0.1) is 0 Å². The van der Waals surface area contributed by atoms with Crippen molar-refractivity contribution in [2.75, 3.05) is 0 Å². The zero-order chi connectivity index (χ0) is 6.91. The molecule has 0 aliphatic carbocycles. The Balaban J connectivity index is 2.12. The van der Waals surface area contributed by atoms with Crippen LogP contribution in [0.2, 0.25) is 0 Å². The maximum atomic E-state index is 10.0. The normalized spacial score (nSPS) is 21.4. The summed E-state index contributed by atoms with van der Waals surface area (Å²) in [6.07, 6.45) is 0.860. The molecule has 1 fully saturated rings. The highest BCUT2D eigenvalue weighted by molar-refractivity contribution is 5.66. The maximum absolute atomic E-state index is 10.0. The molecule has 1 rings (SSSR count). The Labute approximate surface area is 53.2 Å². The molecule has 4 nitrogen and oxygen atoms in total. The van der Waals surface area contributed by atoms with Gasteiger partial charge in [-0.1, -0.05) is 0 Å². The fraction of sp³-hybridized carbons (Fsp3) is 0.800. The third-order valence-corrected chi connectivity index (χ3v) is 1.39. The summed E-state index contributed by atoms with van der Waals surface area (Å²) in [4.78, 5) is 10.0. The van der Waals surface area contributed by atoms with Gasteiger partial charge in [0.2, 0.25) is 0 Å². The van der Waals surface area contributed by atoms with Gasteiger partial charge in [-0.05, 0) is 13.3 Å². The van der Waals surface area contributed by atoms with Crippen molar-refractivity contribution in [2.45, 2.75) is 25.4 Å². The first-order valence-corrected chi connectivity index (χ1v) is 2.88. The Kier molecular flexibility index (Phi) is 1.42. The Morgan fingerprint density at radius 3 is 2.56 bits per heavy atom. The third kappa shape index (κ3) is 1.99. The zero-order valence-electron chi connectivity index (χ0n) is 5.27. The van der Waals surface area contributed by atoms with E-state index >= 15 is 0 Å². The first kappa shape index (κ1) is 6.51. The summed E-state index contributed by atoms with van der Waals surface area (Å²) in [7, 11) is 0. The molecule has 0 aromatic heterocycles. The molecule has 0 saturated carbocycles. The van der Waals surface area contributed by atoms with E-state index in [2.05, 4.69) is 10.9 Å². The highest BCUT2D eigenvalue weighted by Crippen LogP contribution is 2.15. The quantitative estimate of drug-likeness (QED) is 0.457. The number of carboxylic acid groups (broad SMARTS) is 1. The molecule has 4 heteroatoms. The molecule has 0 amide bonds.